The number of aryl methyl sites for hydroxylation is 2. The van der Waals surface area contributed by atoms with E-state index in [1.54, 1.807) is 24.7 Å². The maximum Gasteiger partial charge on any atom is 0.416 e. The van der Waals surface area contributed by atoms with E-state index in [0.717, 1.165) is 72.0 Å². The van der Waals surface area contributed by atoms with Crippen molar-refractivity contribution in [2.24, 2.45) is 12.8 Å². The number of fused-ring (bicyclic) bond motifs is 1. The molecule has 5 rings (SSSR count). The summed E-state index contributed by atoms with van der Waals surface area (Å²) in [4.78, 5) is 22.3. The normalized spacial score (nSPS) is 18.3. The largest absolute Gasteiger partial charge is 0.416 e. The van der Waals surface area contributed by atoms with Gasteiger partial charge in [-0.25, -0.2) is 9.97 Å². The topological polar surface area (TPSA) is 111 Å². The number of halogens is 3. The van der Waals surface area contributed by atoms with E-state index in [-0.39, 0.29) is 11.6 Å². The summed E-state index contributed by atoms with van der Waals surface area (Å²) < 4.78 is 41.1. The molecule has 0 bridgehead atoms. The number of carbonyl (C=O) groups excluding carboxylic acids is 1. The van der Waals surface area contributed by atoms with Crippen molar-refractivity contribution >= 4 is 28.6 Å². The Hall–Kier alpha value is -3.99. The van der Waals surface area contributed by atoms with Crippen LogP contribution >= 0.6 is 0 Å². The van der Waals surface area contributed by atoms with Gasteiger partial charge in [-0.2, -0.15) is 18.3 Å². The van der Waals surface area contributed by atoms with Crippen LogP contribution in [0.5, 0.6) is 0 Å². The van der Waals surface area contributed by atoms with Gasteiger partial charge >= 0.3 is 6.18 Å². The SMILES string of the molecule is CCc1cc(-c2cc(NC(=O)C(C)c3cccc(C(F)(F)F)c3)nn2C)cc2cnc(N[C@H]3CC[C@H](N)CC3)nc12. The smallest absolute Gasteiger partial charge is 0.351 e. The molecule has 11 heteroatoms. The Morgan fingerprint density at radius 1 is 1.15 bits per heavy atom. The summed E-state index contributed by atoms with van der Waals surface area (Å²) in [7, 11) is 1.77. The van der Waals surface area contributed by atoms with Crippen LogP contribution in [0.3, 0.4) is 0 Å². The fraction of sp³-hybridized carbons (Fsp3) is 0.400. The molecule has 1 aliphatic rings. The highest BCUT2D eigenvalue weighted by molar-refractivity contribution is 5.95. The Morgan fingerprint density at radius 3 is 2.61 bits per heavy atom. The average molecular weight is 566 g/mol. The van der Waals surface area contributed by atoms with E-state index in [1.807, 2.05) is 12.3 Å². The molecule has 0 aliphatic heterocycles. The lowest BCUT2D eigenvalue weighted by molar-refractivity contribution is -0.137. The summed E-state index contributed by atoms with van der Waals surface area (Å²) in [5, 5.41) is 11.5. The van der Waals surface area contributed by atoms with Gasteiger partial charge in [0.25, 0.3) is 0 Å². The summed E-state index contributed by atoms with van der Waals surface area (Å²) >= 11 is 0. The molecule has 4 N–H and O–H groups in total. The van der Waals surface area contributed by atoms with Crippen LogP contribution in [0.25, 0.3) is 22.2 Å². The van der Waals surface area contributed by atoms with Gasteiger partial charge in [0.1, 0.15) is 0 Å². The van der Waals surface area contributed by atoms with Gasteiger partial charge in [0.2, 0.25) is 11.9 Å². The molecule has 41 heavy (non-hydrogen) atoms. The number of carbonyl (C=O) groups is 1. The third-order valence-corrected chi connectivity index (χ3v) is 7.78. The highest BCUT2D eigenvalue weighted by Gasteiger charge is 2.31. The second-order valence-corrected chi connectivity index (χ2v) is 10.7. The van der Waals surface area contributed by atoms with Crippen LogP contribution in [-0.2, 0) is 24.4 Å². The number of alkyl halides is 3. The predicted octanol–water partition coefficient (Wildman–Crippen LogP) is 6.04. The molecule has 1 atom stereocenters. The van der Waals surface area contributed by atoms with Gasteiger partial charge in [-0.05, 0) is 68.4 Å². The molecule has 1 amide bonds. The van der Waals surface area contributed by atoms with Crippen LogP contribution in [0, 0.1) is 0 Å². The highest BCUT2D eigenvalue weighted by Crippen LogP contribution is 2.32. The number of nitrogens with zero attached hydrogens (tertiary/aromatic N) is 4. The number of rotatable bonds is 7. The number of anilines is 2. The Balaban J connectivity index is 1.35. The lowest BCUT2D eigenvalue weighted by atomic mass is 9.92. The second-order valence-electron chi connectivity index (χ2n) is 10.7. The zero-order valence-electron chi connectivity index (χ0n) is 23.3. The van der Waals surface area contributed by atoms with Gasteiger partial charge in [-0.15, -0.1) is 0 Å². The average Bonchev–Trinajstić information content (AvgIpc) is 3.32. The van der Waals surface area contributed by atoms with E-state index in [0.29, 0.717) is 17.8 Å². The standard InChI is InChI=1S/C30H34F3N7O/c1-4-18-12-20(13-21-16-35-29(38-27(18)21)36-24-10-8-23(34)9-11-24)25-15-26(39-40(25)3)37-28(41)17(2)19-6-5-7-22(14-19)30(31,32)33/h5-7,12-17,23-24H,4,8-11,34H2,1-3H3,(H,35,36,38)(H,37,39,41)/t17?,23-,24-. The molecule has 216 valence electrons. The third kappa shape index (κ3) is 6.35. The van der Waals surface area contributed by atoms with Gasteiger partial charge in [-0.3, -0.25) is 9.48 Å². The quantitative estimate of drug-likeness (QED) is 0.252. The first-order chi connectivity index (χ1) is 19.5. The van der Waals surface area contributed by atoms with E-state index in [2.05, 4.69) is 33.7 Å². The van der Waals surface area contributed by atoms with E-state index in [4.69, 9.17) is 10.7 Å². The minimum atomic E-state index is -4.48. The molecule has 0 radical (unpaired) electrons. The number of benzene rings is 2. The Bertz CT molecular complexity index is 1560. The van der Waals surface area contributed by atoms with E-state index in [1.165, 1.54) is 12.1 Å². The van der Waals surface area contributed by atoms with Gasteiger partial charge < -0.3 is 16.4 Å². The Kier molecular flexibility index (Phi) is 7.99. The number of hydrogen-bond acceptors (Lipinski definition) is 6. The van der Waals surface area contributed by atoms with E-state index in [9.17, 15) is 18.0 Å². The third-order valence-electron chi connectivity index (χ3n) is 7.78. The van der Waals surface area contributed by atoms with Gasteiger partial charge in [0.15, 0.2) is 5.82 Å². The van der Waals surface area contributed by atoms with Crippen LogP contribution in [0.1, 0.15) is 62.1 Å². The van der Waals surface area contributed by atoms with Crippen molar-refractivity contribution in [2.75, 3.05) is 10.6 Å². The number of amides is 1. The van der Waals surface area contributed by atoms with E-state index < -0.39 is 23.6 Å². The molecule has 1 fully saturated rings. The lowest BCUT2D eigenvalue weighted by Crippen LogP contribution is -2.33. The first-order valence-corrected chi connectivity index (χ1v) is 13.9. The maximum absolute atomic E-state index is 13.1. The maximum atomic E-state index is 13.1. The molecular weight excluding hydrogens is 531 g/mol. The molecular formula is C30H34F3N7O. The summed E-state index contributed by atoms with van der Waals surface area (Å²) in [6.07, 6.45) is 2.08. The second kappa shape index (κ2) is 11.5. The van der Waals surface area contributed by atoms with Crippen molar-refractivity contribution in [3.8, 4) is 11.3 Å². The Morgan fingerprint density at radius 2 is 1.90 bits per heavy atom. The van der Waals surface area contributed by atoms with Crippen molar-refractivity contribution in [1.82, 2.24) is 19.7 Å². The molecule has 2 aromatic carbocycles. The first kappa shape index (κ1) is 28.5. The predicted molar refractivity (Wildman–Crippen MR) is 153 cm³/mol. The van der Waals surface area contributed by atoms with Crippen molar-refractivity contribution in [1.29, 1.82) is 0 Å². The van der Waals surface area contributed by atoms with Gasteiger partial charge in [-0.1, -0.05) is 25.1 Å². The zero-order chi connectivity index (χ0) is 29.3. The molecule has 0 saturated heterocycles. The van der Waals surface area contributed by atoms with Crippen LogP contribution in [0.2, 0.25) is 0 Å². The highest BCUT2D eigenvalue weighted by atomic mass is 19.4. The molecule has 8 nitrogen and oxygen atoms in total. The van der Waals surface area contributed by atoms with E-state index >= 15 is 0 Å². The molecule has 2 heterocycles. The van der Waals surface area contributed by atoms with Gasteiger partial charge in [0.05, 0.1) is 22.7 Å². The molecule has 1 saturated carbocycles. The summed E-state index contributed by atoms with van der Waals surface area (Å²) in [6.45, 7) is 3.64. The summed E-state index contributed by atoms with van der Waals surface area (Å²) in [6, 6.07) is 11.2. The van der Waals surface area contributed by atoms with Crippen molar-refractivity contribution in [3.63, 3.8) is 0 Å². The van der Waals surface area contributed by atoms with Crippen LogP contribution in [0.15, 0.2) is 48.7 Å². The summed E-state index contributed by atoms with van der Waals surface area (Å²) in [5.41, 5.74) is 9.12. The van der Waals surface area contributed by atoms with Crippen LogP contribution < -0.4 is 16.4 Å². The fourth-order valence-electron chi connectivity index (χ4n) is 5.32. The summed E-state index contributed by atoms with van der Waals surface area (Å²) in [5.74, 6) is -0.330. The minimum Gasteiger partial charge on any atom is -0.351 e. The molecule has 2 aromatic heterocycles. The molecule has 4 aromatic rings. The number of aromatic nitrogens is 4. The molecule has 1 unspecified atom stereocenters. The first-order valence-electron chi connectivity index (χ1n) is 13.9. The lowest BCUT2D eigenvalue weighted by Gasteiger charge is -2.26. The molecule has 0 spiro atoms. The number of nitrogens with two attached hydrogens (primary N) is 1. The monoisotopic (exact) mass is 565 g/mol. The fourth-order valence-corrected chi connectivity index (χ4v) is 5.32. The minimum absolute atomic E-state index is 0.273. The van der Waals surface area contributed by atoms with Gasteiger partial charge in [0, 0.05) is 42.3 Å². The van der Waals surface area contributed by atoms with Crippen molar-refractivity contribution in [2.45, 2.75) is 70.1 Å². The zero-order valence-corrected chi connectivity index (χ0v) is 23.3. The van der Waals surface area contributed by atoms with Crippen molar-refractivity contribution < 1.29 is 18.0 Å². The number of hydrogen-bond donors (Lipinski definition) is 3. The van der Waals surface area contributed by atoms with Crippen LogP contribution in [-0.4, -0.2) is 37.7 Å². The van der Waals surface area contributed by atoms with Crippen LogP contribution in [0.4, 0.5) is 24.9 Å². The number of nitrogens with one attached hydrogen (secondary N) is 2. The Labute approximate surface area is 236 Å². The van der Waals surface area contributed by atoms with Crippen molar-refractivity contribution in [3.05, 3.63) is 65.4 Å². The molecule has 1 aliphatic carbocycles.